The summed E-state index contributed by atoms with van der Waals surface area (Å²) in [5.74, 6) is -3.08. The predicted molar refractivity (Wildman–Crippen MR) is 77.5 cm³/mol. The zero-order chi connectivity index (χ0) is 15.1. The molecule has 2 bridgehead atoms. The Labute approximate surface area is 130 Å². The maximum atomic E-state index is 12.4. The molecule has 4 atom stereocenters. The molecule has 7 heteroatoms. The second kappa shape index (κ2) is 5.33. The van der Waals surface area contributed by atoms with E-state index in [1.165, 1.54) is 6.07 Å². The van der Waals surface area contributed by atoms with Gasteiger partial charge in [0.1, 0.15) is 5.92 Å². The van der Waals surface area contributed by atoms with Gasteiger partial charge >= 0.3 is 5.97 Å². The van der Waals surface area contributed by atoms with Gasteiger partial charge in [-0.05, 0) is 18.2 Å². The van der Waals surface area contributed by atoms with Crippen molar-refractivity contribution in [2.75, 3.05) is 5.32 Å². The Morgan fingerprint density at radius 2 is 1.76 bits per heavy atom. The fraction of sp³-hybridized carbons (Fsp3) is 0.286. The van der Waals surface area contributed by atoms with Gasteiger partial charge in [-0.25, -0.2) is 0 Å². The summed E-state index contributed by atoms with van der Waals surface area (Å²) >= 11 is 11.7. The number of carbonyl (C=O) groups excluding carboxylic acids is 1. The minimum atomic E-state index is -1.04. The molecule has 1 saturated heterocycles. The molecule has 2 aliphatic heterocycles. The number of carboxylic acids is 1. The fourth-order valence-electron chi connectivity index (χ4n) is 2.71. The molecule has 2 heterocycles. The lowest BCUT2D eigenvalue weighted by Crippen LogP contribution is -2.39. The third-order valence-corrected chi connectivity index (χ3v) is 4.41. The summed E-state index contributed by atoms with van der Waals surface area (Å²) in [6, 6.07) is 4.68. The highest BCUT2D eigenvalue weighted by atomic mass is 35.5. The Bertz CT molecular complexity index is 646. The van der Waals surface area contributed by atoms with E-state index in [9.17, 15) is 14.7 Å². The van der Waals surface area contributed by atoms with E-state index in [1.807, 2.05) is 0 Å². The Balaban J connectivity index is 1.80. The molecule has 0 aliphatic carbocycles. The van der Waals surface area contributed by atoms with Crippen molar-refractivity contribution in [1.82, 2.24) is 0 Å². The Hall–Kier alpha value is -1.56. The maximum absolute atomic E-state index is 12.4. The number of carbonyl (C=O) groups is 2. The number of benzene rings is 1. The number of hydrogen-bond acceptors (Lipinski definition) is 3. The summed E-state index contributed by atoms with van der Waals surface area (Å²) < 4.78 is 5.46. The smallest absolute Gasteiger partial charge is 0.310 e. The van der Waals surface area contributed by atoms with Gasteiger partial charge in [0.2, 0.25) is 5.91 Å². The van der Waals surface area contributed by atoms with Crippen LogP contribution in [0.25, 0.3) is 0 Å². The van der Waals surface area contributed by atoms with Gasteiger partial charge in [-0.1, -0.05) is 35.4 Å². The van der Waals surface area contributed by atoms with E-state index in [2.05, 4.69) is 5.32 Å². The Kier molecular flexibility index (Phi) is 3.65. The predicted octanol–water partition coefficient (Wildman–Crippen LogP) is 2.59. The van der Waals surface area contributed by atoms with E-state index >= 15 is 0 Å². The van der Waals surface area contributed by atoms with E-state index in [-0.39, 0.29) is 0 Å². The first-order valence-corrected chi connectivity index (χ1v) is 7.05. The van der Waals surface area contributed by atoms with Gasteiger partial charge in [0, 0.05) is 5.69 Å². The highest BCUT2D eigenvalue weighted by Crippen LogP contribution is 2.40. The summed E-state index contributed by atoms with van der Waals surface area (Å²) in [6.45, 7) is 0. The van der Waals surface area contributed by atoms with Crippen LogP contribution in [0.3, 0.4) is 0 Å². The second-order valence-electron chi connectivity index (χ2n) is 4.96. The lowest BCUT2D eigenvalue weighted by molar-refractivity contribution is -0.145. The van der Waals surface area contributed by atoms with Crippen molar-refractivity contribution in [3.63, 3.8) is 0 Å². The topological polar surface area (TPSA) is 75.6 Å². The van der Waals surface area contributed by atoms with Crippen LogP contribution in [0.1, 0.15) is 0 Å². The molecule has 3 rings (SSSR count). The third-order valence-electron chi connectivity index (χ3n) is 3.67. The minimum absolute atomic E-state index is 0.313. The third kappa shape index (κ3) is 2.52. The molecule has 1 amide bonds. The van der Waals surface area contributed by atoms with Gasteiger partial charge < -0.3 is 15.2 Å². The normalized spacial score (nSPS) is 29.6. The monoisotopic (exact) mass is 327 g/mol. The molecule has 0 unspecified atom stereocenters. The van der Waals surface area contributed by atoms with Gasteiger partial charge in [0.05, 0.1) is 28.2 Å². The summed E-state index contributed by atoms with van der Waals surface area (Å²) in [6.07, 6.45) is 2.37. The number of hydrogen-bond donors (Lipinski definition) is 2. The zero-order valence-corrected chi connectivity index (χ0v) is 12.1. The molecular weight excluding hydrogens is 317 g/mol. The van der Waals surface area contributed by atoms with E-state index < -0.39 is 35.9 Å². The molecule has 5 nitrogen and oxygen atoms in total. The number of fused-ring (bicyclic) bond motifs is 2. The van der Waals surface area contributed by atoms with E-state index in [0.717, 1.165) is 0 Å². The van der Waals surface area contributed by atoms with Gasteiger partial charge in [-0.15, -0.1) is 0 Å². The van der Waals surface area contributed by atoms with Crippen LogP contribution in [0.15, 0.2) is 30.4 Å². The number of aliphatic carboxylic acids is 1. The molecule has 2 N–H and O–H groups in total. The molecular formula is C14H11Cl2NO4. The summed E-state index contributed by atoms with van der Waals surface area (Å²) in [4.78, 5) is 23.7. The molecule has 1 fully saturated rings. The molecule has 0 aromatic heterocycles. The molecule has 1 aromatic rings. The zero-order valence-electron chi connectivity index (χ0n) is 10.6. The first kappa shape index (κ1) is 14.4. The van der Waals surface area contributed by atoms with E-state index in [0.29, 0.717) is 15.7 Å². The number of amides is 1. The van der Waals surface area contributed by atoms with Crippen LogP contribution in [0.2, 0.25) is 10.0 Å². The molecule has 0 radical (unpaired) electrons. The van der Waals surface area contributed by atoms with Crippen molar-refractivity contribution in [2.45, 2.75) is 12.2 Å². The summed E-state index contributed by atoms with van der Waals surface area (Å²) in [7, 11) is 0. The molecule has 21 heavy (non-hydrogen) atoms. The lowest BCUT2D eigenvalue weighted by atomic mass is 9.82. The van der Waals surface area contributed by atoms with Crippen LogP contribution in [0, 0.1) is 11.8 Å². The van der Waals surface area contributed by atoms with E-state index in [1.54, 1.807) is 24.3 Å². The van der Waals surface area contributed by atoms with Crippen LogP contribution < -0.4 is 5.32 Å². The average molecular weight is 328 g/mol. The second-order valence-corrected chi connectivity index (χ2v) is 5.77. The van der Waals surface area contributed by atoms with Crippen LogP contribution in [-0.2, 0) is 14.3 Å². The van der Waals surface area contributed by atoms with Crippen molar-refractivity contribution < 1.29 is 19.4 Å². The number of anilines is 1. The number of rotatable bonds is 3. The lowest BCUT2D eigenvalue weighted by Gasteiger charge is -2.21. The van der Waals surface area contributed by atoms with Crippen LogP contribution in [-0.4, -0.2) is 29.2 Å². The molecule has 1 aromatic carbocycles. The number of ether oxygens (including phenoxy) is 1. The number of nitrogens with one attached hydrogen (secondary N) is 1. The standard InChI is InChI=1S/C14H11Cl2NO4/c15-7-2-1-6(5-8(7)16)17-13(18)11-9-3-4-10(21-9)12(11)14(19)20/h1-5,9-12H,(H,17,18)(H,19,20)/t9-,10-,11-,12+/m1/s1. The van der Waals surface area contributed by atoms with Crippen molar-refractivity contribution >= 4 is 40.8 Å². The number of carboxylic acid groups (broad SMARTS) is 1. The fourth-order valence-corrected chi connectivity index (χ4v) is 3.01. The summed E-state index contributed by atoms with van der Waals surface area (Å²) in [5.41, 5.74) is 0.463. The SMILES string of the molecule is O=C(O)[C@@H]1[C@H](C(=O)Nc2ccc(Cl)c(Cl)c2)[C@H]2C=C[C@H]1O2. The Morgan fingerprint density at radius 1 is 1.10 bits per heavy atom. The molecule has 0 spiro atoms. The largest absolute Gasteiger partial charge is 0.481 e. The van der Waals surface area contributed by atoms with Gasteiger partial charge in [0.25, 0.3) is 0 Å². The first-order chi connectivity index (χ1) is 9.97. The highest BCUT2D eigenvalue weighted by Gasteiger charge is 2.53. The number of halogens is 2. The van der Waals surface area contributed by atoms with Crippen molar-refractivity contribution in [3.05, 3.63) is 40.4 Å². The maximum Gasteiger partial charge on any atom is 0.310 e. The summed E-state index contributed by atoms with van der Waals surface area (Å²) in [5, 5.41) is 12.6. The van der Waals surface area contributed by atoms with Gasteiger partial charge in [0.15, 0.2) is 0 Å². The van der Waals surface area contributed by atoms with Crippen LogP contribution >= 0.6 is 23.2 Å². The van der Waals surface area contributed by atoms with Crippen molar-refractivity contribution in [3.8, 4) is 0 Å². The van der Waals surface area contributed by atoms with Gasteiger partial charge in [-0.3, -0.25) is 9.59 Å². The molecule has 2 aliphatic rings. The highest BCUT2D eigenvalue weighted by molar-refractivity contribution is 6.42. The molecule has 0 saturated carbocycles. The van der Waals surface area contributed by atoms with Crippen molar-refractivity contribution in [2.24, 2.45) is 11.8 Å². The average Bonchev–Trinajstić information content (AvgIpc) is 3.03. The van der Waals surface area contributed by atoms with Crippen LogP contribution in [0.5, 0.6) is 0 Å². The quantitative estimate of drug-likeness (QED) is 0.836. The van der Waals surface area contributed by atoms with Gasteiger partial charge in [-0.2, -0.15) is 0 Å². The van der Waals surface area contributed by atoms with E-state index in [4.69, 9.17) is 27.9 Å². The van der Waals surface area contributed by atoms with Crippen LogP contribution in [0.4, 0.5) is 5.69 Å². The first-order valence-electron chi connectivity index (χ1n) is 6.30. The minimum Gasteiger partial charge on any atom is -0.481 e. The van der Waals surface area contributed by atoms with Crippen molar-refractivity contribution in [1.29, 1.82) is 0 Å². The Morgan fingerprint density at radius 3 is 2.38 bits per heavy atom. The molecule has 110 valence electrons.